The molecule has 0 bridgehead atoms. The van der Waals surface area contributed by atoms with Crippen molar-refractivity contribution in [1.82, 2.24) is 0 Å². The molecule has 1 atom stereocenters. The first kappa shape index (κ1) is 17.5. The van der Waals surface area contributed by atoms with Crippen LogP contribution in [0.1, 0.15) is 17.0 Å². The fourth-order valence-corrected chi connectivity index (χ4v) is 5.63. The SMILES string of the molecule is COc1ccc(C2=C([Si](C)(C)C)C(c3ccc(OC)cc3)C2=O)cc1. The number of carbonyl (C=O) groups excluding carboxylic acids is 1. The minimum atomic E-state index is -1.65. The Morgan fingerprint density at radius 1 is 0.800 bits per heavy atom. The van der Waals surface area contributed by atoms with Crippen molar-refractivity contribution < 1.29 is 14.3 Å². The van der Waals surface area contributed by atoms with Gasteiger partial charge in [0.2, 0.25) is 0 Å². The zero-order valence-corrected chi connectivity index (χ0v) is 16.4. The fraction of sp³-hybridized carbons (Fsp3) is 0.286. The summed E-state index contributed by atoms with van der Waals surface area (Å²) >= 11 is 0. The minimum Gasteiger partial charge on any atom is -0.497 e. The summed E-state index contributed by atoms with van der Waals surface area (Å²) in [4.78, 5) is 13.0. The Morgan fingerprint density at radius 3 is 1.72 bits per heavy atom. The first-order chi connectivity index (χ1) is 11.9. The summed E-state index contributed by atoms with van der Waals surface area (Å²) in [6.45, 7) is 6.90. The van der Waals surface area contributed by atoms with E-state index in [-0.39, 0.29) is 11.7 Å². The Bertz CT molecular complexity index is 812. The maximum absolute atomic E-state index is 13.0. The van der Waals surface area contributed by atoms with Gasteiger partial charge in [-0.3, -0.25) is 4.79 Å². The number of ketones is 1. The van der Waals surface area contributed by atoms with Crippen molar-refractivity contribution >= 4 is 19.4 Å². The van der Waals surface area contributed by atoms with Crippen LogP contribution in [0.2, 0.25) is 19.6 Å². The molecule has 2 aromatic carbocycles. The van der Waals surface area contributed by atoms with E-state index in [1.54, 1.807) is 14.2 Å². The standard InChI is InChI=1S/C21H24O3Si/c1-23-16-10-6-14(7-11-16)18-20(22)19(21(18)25(3,4)5)15-8-12-17(24-2)13-9-15/h6-13,18H,1-5H3. The quantitative estimate of drug-likeness (QED) is 0.732. The van der Waals surface area contributed by atoms with E-state index in [0.29, 0.717) is 0 Å². The monoisotopic (exact) mass is 352 g/mol. The Balaban J connectivity index is 2.06. The van der Waals surface area contributed by atoms with E-state index in [9.17, 15) is 4.79 Å². The lowest BCUT2D eigenvalue weighted by Gasteiger charge is -2.39. The second-order valence-corrected chi connectivity index (χ2v) is 12.4. The number of allylic oxidation sites excluding steroid dienone is 2. The number of carbonyl (C=O) groups is 1. The van der Waals surface area contributed by atoms with Crippen LogP contribution >= 0.6 is 0 Å². The van der Waals surface area contributed by atoms with Gasteiger partial charge < -0.3 is 9.47 Å². The first-order valence-electron chi connectivity index (χ1n) is 8.44. The number of rotatable bonds is 5. The van der Waals surface area contributed by atoms with Gasteiger partial charge in [0, 0.05) is 5.57 Å². The van der Waals surface area contributed by atoms with Crippen LogP contribution < -0.4 is 9.47 Å². The van der Waals surface area contributed by atoms with Crippen LogP contribution in [0.15, 0.2) is 53.7 Å². The van der Waals surface area contributed by atoms with Gasteiger partial charge in [-0.1, -0.05) is 49.1 Å². The van der Waals surface area contributed by atoms with Crippen LogP contribution in [0.4, 0.5) is 0 Å². The van der Waals surface area contributed by atoms with Crippen LogP contribution in [-0.4, -0.2) is 28.1 Å². The number of ether oxygens (including phenoxy) is 2. The molecular weight excluding hydrogens is 328 g/mol. The van der Waals surface area contributed by atoms with Gasteiger partial charge in [-0.2, -0.15) is 0 Å². The zero-order valence-electron chi connectivity index (χ0n) is 15.4. The van der Waals surface area contributed by atoms with Crippen LogP contribution in [0.3, 0.4) is 0 Å². The van der Waals surface area contributed by atoms with Crippen molar-refractivity contribution in [3.8, 4) is 11.5 Å². The second kappa shape index (κ2) is 6.52. The molecule has 0 heterocycles. The number of benzene rings is 2. The summed E-state index contributed by atoms with van der Waals surface area (Å²) in [5.41, 5.74) is 2.95. The van der Waals surface area contributed by atoms with E-state index in [4.69, 9.17) is 9.47 Å². The minimum absolute atomic E-state index is 0.116. The largest absolute Gasteiger partial charge is 0.497 e. The predicted molar refractivity (Wildman–Crippen MR) is 104 cm³/mol. The molecule has 0 amide bonds. The molecule has 0 radical (unpaired) electrons. The topological polar surface area (TPSA) is 35.5 Å². The van der Waals surface area contributed by atoms with Crippen LogP contribution in [0, 0.1) is 0 Å². The van der Waals surface area contributed by atoms with Gasteiger partial charge in [-0.05, 0) is 35.4 Å². The van der Waals surface area contributed by atoms with E-state index < -0.39 is 8.07 Å². The molecule has 1 unspecified atom stereocenters. The fourth-order valence-electron chi connectivity index (χ4n) is 3.45. The normalized spacial score (nSPS) is 17.3. The van der Waals surface area contributed by atoms with Crippen LogP contribution in [-0.2, 0) is 4.79 Å². The van der Waals surface area contributed by atoms with Crippen molar-refractivity contribution in [2.45, 2.75) is 25.6 Å². The maximum Gasteiger partial charge on any atom is 0.174 e. The van der Waals surface area contributed by atoms with E-state index in [1.807, 2.05) is 48.5 Å². The number of hydrogen-bond acceptors (Lipinski definition) is 3. The third-order valence-corrected chi connectivity index (χ3v) is 6.86. The molecule has 130 valence electrons. The highest BCUT2D eigenvalue weighted by Gasteiger charge is 2.45. The van der Waals surface area contributed by atoms with E-state index in [1.165, 1.54) is 5.20 Å². The molecule has 0 fully saturated rings. The lowest BCUT2D eigenvalue weighted by Crippen LogP contribution is -2.41. The highest BCUT2D eigenvalue weighted by molar-refractivity contribution is 6.87. The van der Waals surface area contributed by atoms with Crippen molar-refractivity contribution in [3.63, 3.8) is 0 Å². The molecule has 0 aromatic heterocycles. The molecular formula is C21H24O3Si. The first-order valence-corrected chi connectivity index (χ1v) is 11.9. The van der Waals surface area contributed by atoms with Crippen molar-refractivity contribution in [2.75, 3.05) is 14.2 Å². The molecule has 1 aliphatic rings. The Labute approximate surface area is 150 Å². The highest BCUT2D eigenvalue weighted by atomic mass is 28.3. The Kier molecular flexibility index (Phi) is 4.56. The van der Waals surface area contributed by atoms with Gasteiger partial charge in [0.15, 0.2) is 5.78 Å². The molecule has 3 nitrogen and oxygen atoms in total. The van der Waals surface area contributed by atoms with Gasteiger partial charge >= 0.3 is 0 Å². The third kappa shape index (κ3) is 3.14. The molecule has 4 heteroatoms. The summed E-state index contributed by atoms with van der Waals surface area (Å²) < 4.78 is 10.5. The molecule has 0 aliphatic heterocycles. The maximum atomic E-state index is 13.0. The number of hydrogen-bond donors (Lipinski definition) is 0. The smallest absolute Gasteiger partial charge is 0.174 e. The molecule has 1 aliphatic carbocycles. The molecule has 3 rings (SSSR count). The van der Waals surface area contributed by atoms with E-state index in [2.05, 4.69) is 19.6 Å². The van der Waals surface area contributed by atoms with Gasteiger partial charge in [-0.25, -0.2) is 0 Å². The predicted octanol–water partition coefficient (Wildman–Crippen LogP) is 4.70. The summed E-state index contributed by atoms with van der Waals surface area (Å²) in [5.74, 6) is 1.71. The van der Waals surface area contributed by atoms with Gasteiger partial charge in [0.05, 0.1) is 28.2 Å². The molecule has 25 heavy (non-hydrogen) atoms. The summed E-state index contributed by atoms with van der Waals surface area (Å²) in [5, 5.41) is 1.33. The van der Waals surface area contributed by atoms with E-state index in [0.717, 1.165) is 28.2 Å². The number of Topliss-reactive ketones (excluding diaryl/α,β-unsaturated/α-hetero) is 1. The zero-order chi connectivity index (χ0) is 18.2. The molecule has 0 saturated heterocycles. The van der Waals surface area contributed by atoms with Crippen molar-refractivity contribution in [2.24, 2.45) is 0 Å². The van der Waals surface area contributed by atoms with Crippen molar-refractivity contribution in [1.29, 1.82) is 0 Å². The average molecular weight is 353 g/mol. The Hall–Kier alpha value is -2.33. The van der Waals surface area contributed by atoms with Crippen LogP contribution in [0.5, 0.6) is 11.5 Å². The van der Waals surface area contributed by atoms with Crippen LogP contribution in [0.25, 0.3) is 5.57 Å². The van der Waals surface area contributed by atoms with Gasteiger partial charge in [-0.15, -0.1) is 0 Å². The van der Waals surface area contributed by atoms with Crippen molar-refractivity contribution in [3.05, 3.63) is 64.9 Å². The Morgan fingerprint density at radius 2 is 1.28 bits per heavy atom. The summed E-state index contributed by atoms with van der Waals surface area (Å²) in [6.07, 6.45) is 0. The molecule has 2 aromatic rings. The average Bonchev–Trinajstić information content (AvgIpc) is 2.60. The second-order valence-electron chi connectivity index (χ2n) is 7.34. The third-order valence-electron chi connectivity index (χ3n) is 4.70. The molecule has 0 spiro atoms. The lowest BCUT2D eigenvalue weighted by atomic mass is 9.76. The van der Waals surface area contributed by atoms with Gasteiger partial charge in [0.25, 0.3) is 0 Å². The summed E-state index contributed by atoms with van der Waals surface area (Å²) in [6, 6.07) is 15.7. The molecule has 0 N–H and O–H groups in total. The highest BCUT2D eigenvalue weighted by Crippen LogP contribution is 2.48. The lowest BCUT2D eigenvalue weighted by molar-refractivity contribution is -0.115. The number of methoxy groups -OCH3 is 2. The van der Waals surface area contributed by atoms with E-state index >= 15 is 0 Å². The molecule has 0 saturated carbocycles. The van der Waals surface area contributed by atoms with Gasteiger partial charge in [0.1, 0.15) is 11.5 Å². The summed E-state index contributed by atoms with van der Waals surface area (Å²) in [7, 11) is 1.65.